The van der Waals surface area contributed by atoms with Gasteiger partial charge in [-0.05, 0) is 55.7 Å². The van der Waals surface area contributed by atoms with Crippen molar-refractivity contribution in [3.05, 3.63) is 73.5 Å². The molecule has 0 aliphatic carbocycles. The molecule has 1 aromatic heterocycles. The zero-order valence-electron chi connectivity index (χ0n) is 16.9. The van der Waals surface area contributed by atoms with Crippen LogP contribution in [0.2, 0.25) is 5.02 Å². The monoisotopic (exact) mass is 409 g/mol. The molecule has 0 atom stereocenters. The summed E-state index contributed by atoms with van der Waals surface area (Å²) in [6.07, 6.45) is 0.698. The summed E-state index contributed by atoms with van der Waals surface area (Å²) in [4.78, 5) is 31.1. The van der Waals surface area contributed by atoms with E-state index < -0.39 is 0 Å². The minimum atomic E-state index is -0.0676. The number of halogens is 1. The molecule has 1 aliphatic rings. The number of nitrogens with zero attached hydrogens (tertiary/aromatic N) is 1. The second-order valence-electron chi connectivity index (χ2n) is 7.83. The molecule has 2 aromatic carbocycles. The van der Waals surface area contributed by atoms with Crippen LogP contribution < -0.4 is 10.7 Å². The van der Waals surface area contributed by atoms with Crippen molar-refractivity contribution < 1.29 is 4.79 Å². The van der Waals surface area contributed by atoms with E-state index in [2.05, 4.69) is 10.3 Å². The predicted octanol–water partition coefficient (Wildman–Crippen LogP) is 4.10. The molecule has 2 heterocycles. The van der Waals surface area contributed by atoms with Crippen LogP contribution in [0.5, 0.6) is 0 Å². The molecule has 29 heavy (non-hydrogen) atoms. The van der Waals surface area contributed by atoms with Crippen LogP contribution in [-0.2, 0) is 17.8 Å². The van der Waals surface area contributed by atoms with Crippen LogP contribution in [0.15, 0.2) is 35.1 Å². The van der Waals surface area contributed by atoms with Gasteiger partial charge in [0.05, 0.1) is 12.1 Å². The summed E-state index contributed by atoms with van der Waals surface area (Å²) in [5.74, 6) is -0.0676. The third kappa shape index (κ3) is 3.80. The molecule has 0 spiro atoms. The Balaban J connectivity index is 1.55. The molecule has 5 nitrogen and oxygen atoms in total. The van der Waals surface area contributed by atoms with Crippen molar-refractivity contribution in [2.24, 2.45) is 0 Å². The van der Waals surface area contributed by atoms with Gasteiger partial charge in [0.1, 0.15) is 0 Å². The summed E-state index contributed by atoms with van der Waals surface area (Å²) in [7, 11) is 0. The quantitative estimate of drug-likeness (QED) is 0.684. The summed E-state index contributed by atoms with van der Waals surface area (Å²) in [5, 5.41) is 4.29. The molecular weight excluding hydrogens is 386 g/mol. The smallest absolute Gasteiger partial charge is 0.238 e. The van der Waals surface area contributed by atoms with E-state index in [9.17, 15) is 9.59 Å². The van der Waals surface area contributed by atoms with E-state index in [1.807, 2.05) is 43.9 Å². The van der Waals surface area contributed by atoms with Crippen LogP contribution in [0.25, 0.3) is 10.9 Å². The lowest BCUT2D eigenvalue weighted by Crippen LogP contribution is -2.39. The number of aromatic amines is 1. The molecule has 3 aromatic rings. The highest BCUT2D eigenvalue weighted by molar-refractivity contribution is 6.32. The Hall–Kier alpha value is -2.63. The number of carbonyl (C=O) groups excluding carboxylic acids is 1. The maximum Gasteiger partial charge on any atom is 0.238 e. The third-order valence-electron chi connectivity index (χ3n) is 5.65. The molecule has 2 N–H and O–H groups in total. The molecule has 0 saturated carbocycles. The van der Waals surface area contributed by atoms with Gasteiger partial charge in [-0.3, -0.25) is 14.5 Å². The average molecular weight is 410 g/mol. The number of nitrogens with one attached hydrogen (secondary N) is 2. The van der Waals surface area contributed by atoms with E-state index in [1.54, 1.807) is 12.1 Å². The second kappa shape index (κ2) is 7.65. The Morgan fingerprint density at radius 1 is 1.21 bits per heavy atom. The van der Waals surface area contributed by atoms with Gasteiger partial charge in [-0.25, -0.2) is 0 Å². The van der Waals surface area contributed by atoms with Crippen molar-refractivity contribution in [1.29, 1.82) is 0 Å². The molecule has 0 fully saturated rings. The van der Waals surface area contributed by atoms with Gasteiger partial charge in [-0.15, -0.1) is 0 Å². The highest BCUT2D eigenvalue weighted by Crippen LogP contribution is 2.25. The van der Waals surface area contributed by atoms with Crippen LogP contribution in [0.1, 0.15) is 27.9 Å². The van der Waals surface area contributed by atoms with Crippen molar-refractivity contribution in [2.45, 2.75) is 33.7 Å². The molecule has 1 amide bonds. The van der Waals surface area contributed by atoms with Gasteiger partial charge in [0.15, 0.2) is 5.43 Å². The zero-order valence-corrected chi connectivity index (χ0v) is 17.6. The fourth-order valence-electron chi connectivity index (χ4n) is 3.91. The first-order valence-corrected chi connectivity index (χ1v) is 10.1. The molecular formula is C23H24ClN3O2. The Morgan fingerprint density at radius 3 is 2.79 bits per heavy atom. The van der Waals surface area contributed by atoms with Crippen LogP contribution in [0.4, 0.5) is 5.69 Å². The maximum absolute atomic E-state index is 13.1. The van der Waals surface area contributed by atoms with Crippen LogP contribution in [0.3, 0.4) is 0 Å². The molecule has 0 saturated heterocycles. The molecule has 150 valence electrons. The third-order valence-corrected chi connectivity index (χ3v) is 6.06. The zero-order chi connectivity index (χ0) is 20.7. The SMILES string of the molecule is Cc1ccc(C)c(NC(=O)CN2CCc3[nH]c4c(C)c(Cl)ccc4c(=O)c3C2)c1. The van der Waals surface area contributed by atoms with Gasteiger partial charge in [0, 0.05) is 46.9 Å². The van der Waals surface area contributed by atoms with E-state index in [1.165, 1.54) is 0 Å². The standard InChI is InChI=1S/C23H24ClN3O2/c1-13-4-5-14(2)20(10-13)25-21(28)12-27-9-8-19-17(11-27)23(29)16-6-7-18(24)15(3)22(16)26-19/h4-7,10H,8-9,11-12H2,1-3H3,(H,25,28)(H,26,29). The van der Waals surface area contributed by atoms with E-state index in [0.29, 0.717) is 29.9 Å². The number of rotatable bonds is 3. The van der Waals surface area contributed by atoms with Gasteiger partial charge in [-0.2, -0.15) is 0 Å². The number of hydrogen-bond donors (Lipinski definition) is 2. The number of amides is 1. The van der Waals surface area contributed by atoms with Gasteiger partial charge in [0.25, 0.3) is 0 Å². The second-order valence-corrected chi connectivity index (χ2v) is 8.24. The van der Waals surface area contributed by atoms with Gasteiger partial charge in [0.2, 0.25) is 5.91 Å². The van der Waals surface area contributed by atoms with Crippen molar-refractivity contribution in [2.75, 3.05) is 18.4 Å². The predicted molar refractivity (Wildman–Crippen MR) is 118 cm³/mol. The Kier molecular flexibility index (Phi) is 5.19. The fraction of sp³-hybridized carbons (Fsp3) is 0.304. The molecule has 1 aliphatic heterocycles. The summed E-state index contributed by atoms with van der Waals surface area (Å²) < 4.78 is 0. The summed E-state index contributed by atoms with van der Waals surface area (Å²) in [5.41, 5.74) is 6.37. The minimum Gasteiger partial charge on any atom is -0.358 e. The first kappa shape index (κ1) is 19.7. The first-order valence-electron chi connectivity index (χ1n) is 9.76. The van der Waals surface area contributed by atoms with Crippen molar-refractivity contribution in [3.63, 3.8) is 0 Å². The number of anilines is 1. The van der Waals surface area contributed by atoms with Crippen LogP contribution in [-0.4, -0.2) is 28.9 Å². The lowest BCUT2D eigenvalue weighted by molar-refractivity contribution is -0.117. The van der Waals surface area contributed by atoms with Gasteiger partial charge in [-0.1, -0.05) is 23.7 Å². The fourth-order valence-corrected chi connectivity index (χ4v) is 4.07. The lowest BCUT2D eigenvalue weighted by atomic mass is 10.0. The van der Waals surface area contributed by atoms with Crippen molar-refractivity contribution in [1.82, 2.24) is 9.88 Å². The average Bonchev–Trinajstić information content (AvgIpc) is 2.68. The normalized spacial score (nSPS) is 14.1. The van der Waals surface area contributed by atoms with Crippen molar-refractivity contribution in [3.8, 4) is 0 Å². The minimum absolute atomic E-state index is 0.0214. The number of hydrogen-bond acceptors (Lipinski definition) is 3. The molecule has 4 rings (SSSR count). The number of carbonyl (C=O) groups is 1. The van der Waals surface area contributed by atoms with Gasteiger partial charge < -0.3 is 10.3 Å². The molecule has 0 unspecified atom stereocenters. The van der Waals surface area contributed by atoms with Gasteiger partial charge >= 0.3 is 0 Å². The molecule has 0 radical (unpaired) electrons. The van der Waals surface area contributed by atoms with E-state index in [-0.39, 0.29) is 17.9 Å². The first-order chi connectivity index (χ1) is 13.8. The number of aryl methyl sites for hydroxylation is 3. The van der Waals surface area contributed by atoms with E-state index >= 15 is 0 Å². The van der Waals surface area contributed by atoms with Crippen molar-refractivity contribution >= 4 is 34.1 Å². The summed E-state index contributed by atoms with van der Waals surface area (Å²) in [6.45, 7) is 7.33. The summed E-state index contributed by atoms with van der Waals surface area (Å²) >= 11 is 6.22. The number of fused-ring (bicyclic) bond motifs is 2. The highest BCUT2D eigenvalue weighted by Gasteiger charge is 2.23. The number of H-pyrrole nitrogens is 1. The Bertz CT molecular complexity index is 1180. The molecule has 6 heteroatoms. The molecule has 0 bridgehead atoms. The number of pyridine rings is 1. The lowest BCUT2D eigenvalue weighted by Gasteiger charge is -2.28. The number of benzene rings is 2. The summed E-state index contributed by atoms with van der Waals surface area (Å²) in [6, 6.07) is 9.54. The van der Waals surface area contributed by atoms with Crippen LogP contribution >= 0.6 is 11.6 Å². The Morgan fingerprint density at radius 2 is 2.00 bits per heavy atom. The highest BCUT2D eigenvalue weighted by atomic mass is 35.5. The van der Waals surface area contributed by atoms with Crippen LogP contribution in [0, 0.1) is 20.8 Å². The van der Waals surface area contributed by atoms with E-state index in [0.717, 1.165) is 39.2 Å². The van der Waals surface area contributed by atoms with E-state index in [4.69, 9.17) is 11.6 Å². The number of aromatic nitrogens is 1. The Labute approximate surface area is 174 Å². The topological polar surface area (TPSA) is 65.2 Å². The largest absolute Gasteiger partial charge is 0.358 e. The maximum atomic E-state index is 13.1.